The van der Waals surface area contributed by atoms with Crippen molar-refractivity contribution in [2.75, 3.05) is 4.90 Å². The summed E-state index contributed by atoms with van der Waals surface area (Å²) in [5, 5.41) is 10.0. The number of hydrogen-bond donors (Lipinski definition) is 0. The van der Waals surface area contributed by atoms with Crippen molar-refractivity contribution in [3.8, 4) is 27.9 Å². The summed E-state index contributed by atoms with van der Waals surface area (Å²) in [6.45, 7) is 0. The quantitative estimate of drug-likeness (QED) is 0.156. The lowest BCUT2D eigenvalue weighted by Crippen LogP contribution is -2.10. The minimum absolute atomic E-state index is 1.10. The predicted octanol–water partition coefficient (Wildman–Crippen LogP) is 15.0. The minimum Gasteiger partial charge on any atom is -0.310 e. The first-order chi connectivity index (χ1) is 27.8. The monoisotopic (exact) mass is 712 g/mol. The average Bonchev–Trinajstić information content (AvgIpc) is 3.61. The fourth-order valence-electron chi connectivity index (χ4n) is 8.79. The van der Waals surface area contributed by atoms with Gasteiger partial charge >= 0.3 is 0 Å². The molecule has 1 heterocycles. The van der Waals surface area contributed by atoms with Crippen molar-refractivity contribution >= 4 is 71.2 Å². The van der Waals surface area contributed by atoms with Crippen LogP contribution in [-0.2, 0) is 0 Å². The molecule has 11 aromatic rings. The number of aromatic nitrogens is 1. The zero-order chi connectivity index (χ0) is 37.0. The van der Waals surface area contributed by atoms with Crippen LogP contribution in [-0.4, -0.2) is 4.57 Å². The van der Waals surface area contributed by atoms with Crippen LogP contribution >= 0.6 is 0 Å². The zero-order valence-corrected chi connectivity index (χ0v) is 30.7. The Bertz CT molecular complexity index is 3170. The third-order valence-electron chi connectivity index (χ3n) is 11.4. The van der Waals surface area contributed by atoms with E-state index in [0.29, 0.717) is 0 Å². The molecule has 0 saturated carbocycles. The summed E-state index contributed by atoms with van der Waals surface area (Å²) in [4.78, 5) is 2.44. The molecule has 0 spiro atoms. The number of hydrogen-bond acceptors (Lipinski definition) is 1. The van der Waals surface area contributed by atoms with Crippen molar-refractivity contribution in [1.82, 2.24) is 4.57 Å². The van der Waals surface area contributed by atoms with E-state index in [2.05, 4.69) is 228 Å². The van der Waals surface area contributed by atoms with E-state index in [1.54, 1.807) is 0 Å². The first kappa shape index (κ1) is 32.0. The standard InChI is InChI=1S/C54H36N2/c1-3-14-37(15-4-1)38-26-28-39(29-27-38)40-30-32-42(33-31-40)56-51-24-12-11-21-47(51)48-35-34-43(36-53(48)56)55(41-16-5-2-6-17-41)52-25-13-23-50-46-19-8-7-18-44(46)45-20-9-10-22-49(45)54(50)52/h1-36H. The summed E-state index contributed by atoms with van der Waals surface area (Å²) in [7, 11) is 0. The Hall–Kier alpha value is -7.42. The highest BCUT2D eigenvalue weighted by Gasteiger charge is 2.21. The van der Waals surface area contributed by atoms with Gasteiger partial charge in [0.05, 0.1) is 16.7 Å². The van der Waals surface area contributed by atoms with Gasteiger partial charge in [0, 0.05) is 33.2 Å². The summed E-state index contributed by atoms with van der Waals surface area (Å²) in [6, 6.07) is 79.4. The lowest BCUT2D eigenvalue weighted by Gasteiger charge is -2.28. The van der Waals surface area contributed by atoms with Gasteiger partial charge in [0.2, 0.25) is 0 Å². The second kappa shape index (κ2) is 13.2. The zero-order valence-electron chi connectivity index (χ0n) is 30.7. The van der Waals surface area contributed by atoms with E-state index in [4.69, 9.17) is 0 Å². The number of anilines is 3. The molecule has 0 bridgehead atoms. The second-order valence-corrected chi connectivity index (χ2v) is 14.5. The van der Waals surface area contributed by atoms with Gasteiger partial charge < -0.3 is 9.47 Å². The molecule has 262 valence electrons. The highest BCUT2D eigenvalue weighted by Crippen LogP contribution is 2.46. The number of fused-ring (bicyclic) bond motifs is 9. The summed E-state index contributed by atoms with van der Waals surface area (Å²) in [6.07, 6.45) is 0. The van der Waals surface area contributed by atoms with E-state index in [9.17, 15) is 0 Å². The highest BCUT2D eigenvalue weighted by atomic mass is 15.1. The van der Waals surface area contributed by atoms with Crippen LogP contribution in [0.4, 0.5) is 17.1 Å². The summed E-state index contributed by atoms with van der Waals surface area (Å²) >= 11 is 0. The lowest BCUT2D eigenvalue weighted by molar-refractivity contribution is 1.18. The SMILES string of the molecule is c1ccc(-c2ccc(-c3ccc(-n4c5ccccc5c5ccc(N(c6ccccc6)c6cccc7c8ccccc8c8ccccc8c67)cc54)cc3)cc2)cc1. The molecule has 0 amide bonds. The molecule has 56 heavy (non-hydrogen) atoms. The maximum absolute atomic E-state index is 2.44. The Morgan fingerprint density at radius 3 is 1.39 bits per heavy atom. The smallest absolute Gasteiger partial charge is 0.0561 e. The fourth-order valence-corrected chi connectivity index (χ4v) is 8.79. The molecule has 0 saturated heterocycles. The van der Waals surface area contributed by atoms with Crippen LogP contribution in [0.15, 0.2) is 218 Å². The number of benzene rings is 10. The molecule has 0 N–H and O–H groups in total. The second-order valence-electron chi connectivity index (χ2n) is 14.5. The van der Waals surface area contributed by atoms with E-state index in [1.807, 2.05) is 0 Å². The first-order valence-electron chi connectivity index (χ1n) is 19.3. The molecule has 2 nitrogen and oxygen atoms in total. The van der Waals surface area contributed by atoms with Crippen LogP contribution in [0.2, 0.25) is 0 Å². The van der Waals surface area contributed by atoms with Gasteiger partial charge in [-0.05, 0) is 97.7 Å². The molecular formula is C54H36N2. The number of para-hydroxylation sites is 2. The molecule has 11 rings (SSSR count). The molecule has 10 aromatic carbocycles. The van der Waals surface area contributed by atoms with Crippen molar-refractivity contribution in [3.05, 3.63) is 218 Å². The van der Waals surface area contributed by atoms with Crippen LogP contribution < -0.4 is 4.90 Å². The van der Waals surface area contributed by atoms with Crippen molar-refractivity contribution in [2.45, 2.75) is 0 Å². The van der Waals surface area contributed by atoms with Crippen LogP contribution in [0, 0.1) is 0 Å². The molecule has 0 atom stereocenters. The van der Waals surface area contributed by atoms with Crippen LogP contribution in [0.5, 0.6) is 0 Å². The van der Waals surface area contributed by atoms with Gasteiger partial charge in [-0.15, -0.1) is 0 Å². The van der Waals surface area contributed by atoms with E-state index in [0.717, 1.165) is 22.7 Å². The van der Waals surface area contributed by atoms with Gasteiger partial charge in [0.25, 0.3) is 0 Å². The summed E-state index contributed by atoms with van der Waals surface area (Å²) < 4.78 is 2.42. The Morgan fingerprint density at radius 2 is 0.750 bits per heavy atom. The molecule has 0 fully saturated rings. The Kier molecular flexibility index (Phi) is 7.53. The van der Waals surface area contributed by atoms with Gasteiger partial charge in [-0.3, -0.25) is 0 Å². The van der Waals surface area contributed by atoms with Gasteiger partial charge in [-0.2, -0.15) is 0 Å². The first-order valence-corrected chi connectivity index (χ1v) is 19.3. The fraction of sp³-hybridized carbons (Fsp3) is 0. The van der Waals surface area contributed by atoms with Crippen molar-refractivity contribution < 1.29 is 0 Å². The average molecular weight is 713 g/mol. The Balaban J connectivity index is 1.09. The molecule has 0 unspecified atom stereocenters. The van der Waals surface area contributed by atoms with Crippen LogP contribution in [0.1, 0.15) is 0 Å². The largest absolute Gasteiger partial charge is 0.310 e. The predicted molar refractivity (Wildman–Crippen MR) is 239 cm³/mol. The van der Waals surface area contributed by atoms with Crippen LogP contribution in [0.25, 0.3) is 82.1 Å². The molecule has 0 aliphatic heterocycles. The van der Waals surface area contributed by atoms with Gasteiger partial charge in [0.1, 0.15) is 0 Å². The van der Waals surface area contributed by atoms with E-state index < -0.39 is 0 Å². The molecule has 0 radical (unpaired) electrons. The normalized spacial score (nSPS) is 11.6. The van der Waals surface area contributed by atoms with Crippen molar-refractivity contribution in [1.29, 1.82) is 0 Å². The maximum atomic E-state index is 2.44. The van der Waals surface area contributed by atoms with Crippen molar-refractivity contribution in [2.24, 2.45) is 0 Å². The molecule has 2 heteroatoms. The van der Waals surface area contributed by atoms with E-state index >= 15 is 0 Å². The van der Waals surface area contributed by atoms with Gasteiger partial charge in [-0.1, -0.05) is 170 Å². The number of nitrogens with zero attached hydrogens (tertiary/aromatic N) is 2. The summed E-state index contributed by atoms with van der Waals surface area (Å²) in [5.41, 5.74) is 11.7. The molecule has 1 aromatic heterocycles. The van der Waals surface area contributed by atoms with E-state index in [-0.39, 0.29) is 0 Å². The van der Waals surface area contributed by atoms with Crippen LogP contribution in [0.3, 0.4) is 0 Å². The number of rotatable bonds is 6. The third kappa shape index (κ3) is 5.19. The maximum Gasteiger partial charge on any atom is 0.0561 e. The summed E-state index contributed by atoms with van der Waals surface area (Å²) in [5.74, 6) is 0. The molecular weight excluding hydrogens is 677 g/mol. The highest BCUT2D eigenvalue weighted by molar-refractivity contribution is 6.28. The van der Waals surface area contributed by atoms with Gasteiger partial charge in [-0.25, -0.2) is 0 Å². The molecule has 0 aliphatic carbocycles. The Morgan fingerprint density at radius 1 is 0.286 bits per heavy atom. The third-order valence-corrected chi connectivity index (χ3v) is 11.4. The minimum atomic E-state index is 1.10. The van der Waals surface area contributed by atoms with Gasteiger partial charge in [0.15, 0.2) is 0 Å². The topological polar surface area (TPSA) is 8.17 Å². The van der Waals surface area contributed by atoms with Crippen molar-refractivity contribution in [3.63, 3.8) is 0 Å². The molecule has 0 aliphatic rings. The van der Waals surface area contributed by atoms with E-state index in [1.165, 1.54) is 76.4 Å². The Labute approximate surface area is 325 Å². The lowest BCUT2D eigenvalue weighted by atomic mass is 9.93.